The van der Waals surface area contributed by atoms with Crippen LogP contribution in [-0.4, -0.2) is 29.2 Å². The number of hydrogen-bond donors (Lipinski definition) is 2. The molecule has 0 saturated carbocycles. The SMILES string of the molecule is NC(=O)OCCNc1cc(C(F)(F)F)ncc1[N+](=O)[O-]. The molecule has 0 aliphatic rings. The first-order chi connectivity index (χ1) is 9.21. The molecule has 110 valence electrons. The second-order valence-electron chi connectivity index (χ2n) is 3.44. The predicted molar refractivity (Wildman–Crippen MR) is 59.9 cm³/mol. The van der Waals surface area contributed by atoms with Crippen LogP contribution in [0.3, 0.4) is 0 Å². The van der Waals surface area contributed by atoms with Crippen LogP contribution in [0.4, 0.5) is 29.3 Å². The summed E-state index contributed by atoms with van der Waals surface area (Å²) in [6, 6.07) is 0.502. The molecule has 0 atom stereocenters. The fraction of sp³-hybridized carbons (Fsp3) is 0.333. The van der Waals surface area contributed by atoms with Gasteiger partial charge in [-0.25, -0.2) is 9.78 Å². The van der Waals surface area contributed by atoms with Gasteiger partial charge in [-0.05, 0) is 6.07 Å². The molecule has 0 aromatic carbocycles. The molecule has 1 heterocycles. The number of alkyl halides is 3. The highest BCUT2D eigenvalue weighted by atomic mass is 19.4. The minimum atomic E-state index is -4.73. The predicted octanol–water partition coefficient (Wildman–Crippen LogP) is 1.52. The Kier molecular flexibility index (Phi) is 4.67. The first kappa shape index (κ1) is 15.5. The van der Waals surface area contributed by atoms with Gasteiger partial charge in [0.25, 0.3) is 0 Å². The van der Waals surface area contributed by atoms with Crippen LogP contribution < -0.4 is 11.1 Å². The van der Waals surface area contributed by atoms with Gasteiger partial charge in [0.05, 0.1) is 4.92 Å². The molecule has 20 heavy (non-hydrogen) atoms. The van der Waals surface area contributed by atoms with Gasteiger partial charge in [0.2, 0.25) is 0 Å². The van der Waals surface area contributed by atoms with Crippen LogP contribution in [-0.2, 0) is 10.9 Å². The summed E-state index contributed by atoms with van der Waals surface area (Å²) in [5.41, 5.74) is 2.39. The maximum Gasteiger partial charge on any atom is 0.433 e. The maximum absolute atomic E-state index is 12.4. The molecule has 1 aromatic heterocycles. The van der Waals surface area contributed by atoms with Crippen LogP contribution in [0, 0.1) is 10.1 Å². The summed E-state index contributed by atoms with van der Waals surface area (Å²) in [6.07, 6.45) is -5.29. The van der Waals surface area contributed by atoms with Crippen molar-refractivity contribution in [1.82, 2.24) is 4.98 Å². The van der Waals surface area contributed by atoms with E-state index in [4.69, 9.17) is 0 Å². The Morgan fingerprint density at radius 2 is 2.20 bits per heavy atom. The minimum absolute atomic E-state index is 0.148. The normalized spacial score (nSPS) is 10.9. The summed E-state index contributed by atoms with van der Waals surface area (Å²) in [5.74, 6) is 0. The zero-order valence-electron chi connectivity index (χ0n) is 9.81. The van der Waals surface area contributed by atoms with E-state index in [2.05, 4.69) is 20.8 Å². The number of nitrogens with one attached hydrogen (secondary N) is 1. The van der Waals surface area contributed by atoms with Crippen molar-refractivity contribution in [3.8, 4) is 0 Å². The summed E-state index contributed by atoms with van der Waals surface area (Å²) >= 11 is 0. The molecule has 0 aliphatic heterocycles. The largest absolute Gasteiger partial charge is 0.448 e. The molecular weight excluding hydrogens is 285 g/mol. The Labute approximate surface area is 109 Å². The number of aromatic nitrogens is 1. The number of nitrogens with two attached hydrogens (primary N) is 1. The van der Waals surface area contributed by atoms with Crippen LogP contribution in [0.25, 0.3) is 0 Å². The highest BCUT2D eigenvalue weighted by Crippen LogP contribution is 2.32. The van der Waals surface area contributed by atoms with Crippen molar-refractivity contribution in [3.63, 3.8) is 0 Å². The molecule has 3 N–H and O–H groups in total. The van der Waals surface area contributed by atoms with E-state index in [1.807, 2.05) is 0 Å². The summed E-state index contributed by atoms with van der Waals surface area (Å²) in [4.78, 5) is 23.0. The standard InChI is InChI=1S/C9H9F3N4O4/c10-9(11,12)7-3-5(6(4-15-7)16(18)19)14-1-2-20-8(13)17/h3-4H,1-2H2,(H2,13,17)(H,14,15). The molecule has 1 rings (SSSR count). The lowest BCUT2D eigenvalue weighted by Gasteiger charge is -2.10. The Balaban J connectivity index is 2.89. The number of anilines is 1. The number of nitrogens with zero attached hydrogens (tertiary/aromatic N) is 2. The van der Waals surface area contributed by atoms with E-state index in [9.17, 15) is 28.1 Å². The fourth-order valence-electron chi connectivity index (χ4n) is 1.23. The quantitative estimate of drug-likeness (QED) is 0.482. The smallest absolute Gasteiger partial charge is 0.433 e. The Morgan fingerprint density at radius 1 is 1.55 bits per heavy atom. The summed E-state index contributed by atoms with van der Waals surface area (Å²) in [5, 5.41) is 13.0. The number of nitro groups is 1. The number of primary amides is 1. The zero-order chi connectivity index (χ0) is 15.3. The van der Waals surface area contributed by atoms with Gasteiger partial charge in [-0.2, -0.15) is 13.2 Å². The van der Waals surface area contributed by atoms with E-state index in [0.717, 1.165) is 0 Å². The lowest BCUT2D eigenvalue weighted by Crippen LogP contribution is -2.19. The molecule has 0 fully saturated rings. The zero-order valence-corrected chi connectivity index (χ0v) is 9.81. The summed E-state index contributed by atoms with van der Waals surface area (Å²) in [6.45, 7) is -0.402. The number of carbonyl (C=O) groups excluding carboxylic acids is 1. The van der Waals surface area contributed by atoms with Gasteiger partial charge in [-0.15, -0.1) is 0 Å². The van der Waals surface area contributed by atoms with Crippen LogP contribution >= 0.6 is 0 Å². The first-order valence-corrected chi connectivity index (χ1v) is 5.09. The highest BCUT2D eigenvalue weighted by molar-refractivity contribution is 5.64. The lowest BCUT2D eigenvalue weighted by molar-refractivity contribution is -0.384. The van der Waals surface area contributed by atoms with Gasteiger partial charge in [0.1, 0.15) is 24.2 Å². The van der Waals surface area contributed by atoms with Crippen molar-refractivity contribution in [2.45, 2.75) is 6.18 Å². The molecule has 1 aromatic rings. The van der Waals surface area contributed by atoms with Gasteiger partial charge in [-0.3, -0.25) is 10.1 Å². The Morgan fingerprint density at radius 3 is 2.70 bits per heavy atom. The van der Waals surface area contributed by atoms with Crippen LogP contribution in [0.1, 0.15) is 5.69 Å². The van der Waals surface area contributed by atoms with Gasteiger partial charge in [0, 0.05) is 6.54 Å². The number of pyridine rings is 1. The molecule has 0 aliphatic carbocycles. The molecule has 0 radical (unpaired) electrons. The Bertz CT molecular complexity index is 520. The third-order valence-electron chi connectivity index (χ3n) is 2.03. The van der Waals surface area contributed by atoms with Crippen molar-refractivity contribution >= 4 is 17.5 Å². The second-order valence-corrected chi connectivity index (χ2v) is 3.44. The van der Waals surface area contributed by atoms with E-state index in [1.54, 1.807) is 0 Å². The van der Waals surface area contributed by atoms with Crippen molar-refractivity contribution < 1.29 is 27.6 Å². The second kappa shape index (κ2) is 6.04. The number of rotatable bonds is 5. The fourth-order valence-corrected chi connectivity index (χ4v) is 1.23. The molecule has 0 saturated heterocycles. The van der Waals surface area contributed by atoms with Gasteiger partial charge < -0.3 is 15.8 Å². The van der Waals surface area contributed by atoms with Crippen molar-refractivity contribution in [2.75, 3.05) is 18.5 Å². The molecule has 0 bridgehead atoms. The third kappa shape index (κ3) is 4.26. The van der Waals surface area contributed by atoms with Crippen LogP contribution in [0.15, 0.2) is 12.3 Å². The molecule has 0 spiro atoms. The molecular formula is C9H9F3N4O4. The van der Waals surface area contributed by atoms with E-state index in [-0.39, 0.29) is 18.8 Å². The molecule has 0 unspecified atom stereocenters. The summed E-state index contributed by atoms with van der Waals surface area (Å²) < 4.78 is 41.7. The van der Waals surface area contributed by atoms with E-state index in [0.29, 0.717) is 12.3 Å². The Hall–Kier alpha value is -2.59. The average Bonchev–Trinajstić information content (AvgIpc) is 2.32. The van der Waals surface area contributed by atoms with E-state index < -0.39 is 28.6 Å². The highest BCUT2D eigenvalue weighted by Gasteiger charge is 2.34. The van der Waals surface area contributed by atoms with Crippen LogP contribution in [0.5, 0.6) is 0 Å². The van der Waals surface area contributed by atoms with Crippen molar-refractivity contribution in [1.29, 1.82) is 0 Å². The van der Waals surface area contributed by atoms with Crippen molar-refractivity contribution in [3.05, 3.63) is 28.1 Å². The monoisotopic (exact) mass is 294 g/mol. The van der Waals surface area contributed by atoms with E-state index in [1.165, 1.54) is 0 Å². The first-order valence-electron chi connectivity index (χ1n) is 5.09. The lowest BCUT2D eigenvalue weighted by atomic mass is 10.2. The number of carbonyl (C=O) groups is 1. The molecule has 1 amide bonds. The number of halogens is 3. The van der Waals surface area contributed by atoms with Crippen LogP contribution in [0.2, 0.25) is 0 Å². The maximum atomic E-state index is 12.4. The van der Waals surface area contributed by atoms with Gasteiger partial charge >= 0.3 is 18.0 Å². The van der Waals surface area contributed by atoms with Crippen molar-refractivity contribution in [2.24, 2.45) is 5.73 Å². The average molecular weight is 294 g/mol. The van der Waals surface area contributed by atoms with Gasteiger partial charge in [0.15, 0.2) is 0 Å². The van der Waals surface area contributed by atoms with Gasteiger partial charge in [-0.1, -0.05) is 0 Å². The number of hydrogen-bond acceptors (Lipinski definition) is 6. The third-order valence-corrected chi connectivity index (χ3v) is 2.03. The number of ether oxygens (including phenoxy) is 1. The molecule has 11 heteroatoms. The molecule has 8 nitrogen and oxygen atoms in total. The topological polar surface area (TPSA) is 120 Å². The number of amides is 1. The summed E-state index contributed by atoms with van der Waals surface area (Å²) in [7, 11) is 0. The van der Waals surface area contributed by atoms with E-state index >= 15 is 0 Å². The minimum Gasteiger partial charge on any atom is -0.448 e.